The van der Waals surface area contributed by atoms with Crippen molar-refractivity contribution in [1.29, 1.82) is 0 Å². The van der Waals surface area contributed by atoms with Gasteiger partial charge >= 0.3 is 0 Å². The number of rotatable bonds is 2. The van der Waals surface area contributed by atoms with Gasteiger partial charge in [-0.3, -0.25) is 4.98 Å². The minimum Gasteiger partial charge on any atom is -0.332 e. The second-order valence-electron chi connectivity index (χ2n) is 4.38. The molecular weight excluding hydrogens is 254 g/mol. The van der Waals surface area contributed by atoms with Crippen molar-refractivity contribution in [3.05, 3.63) is 24.4 Å². The quantitative estimate of drug-likeness (QED) is 0.890. The van der Waals surface area contributed by atoms with Crippen LogP contribution in [0.15, 0.2) is 23.1 Å². The third-order valence-electron chi connectivity index (χ3n) is 3.15. The highest BCUT2D eigenvalue weighted by Gasteiger charge is 2.36. The number of halogens is 1. The molecule has 0 spiro atoms. The van der Waals surface area contributed by atoms with Crippen molar-refractivity contribution < 1.29 is 4.52 Å². The molecule has 0 amide bonds. The summed E-state index contributed by atoms with van der Waals surface area (Å²) < 4.78 is 5.18. The molecule has 2 aromatic rings. The molecule has 0 atom stereocenters. The molecule has 1 saturated carbocycles. The highest BCUT2D eigenvalue weighted by atomic mass is 35.5. The Bertz CT molecular complexity index is 509. The van der Waals surface area contributed by atoms with Crippen molar-refractivity contribution in [3.8, 4) is 11.6 Å². The van der Waals surface area contributed by atoms with E-state index in [0.29, 0.717) is 17.4 Å². The number of aromatic nitrogens is 4. The van der Waals surface area contributed by atoms with E-state index in [-0.39, 0.29) is 12.4 Å². The molecule has 2 heterocycles. The van der Waals surface area contributed by atoms with Gasteiger partial charge < -0.3 is 10.3 Å². The van der Waals surface area contributed by atoms with Crippen molar-refractivity contribution in [2.75, 3.05) is 0 Å². The third kappa shape index (κ3) is 2.21. The van der Waals surface area contributed by atoms with Gasteiger partial charge in [-0.25, -0.2) is 4.98 Å². The lowest BCUT2D eigenvalue weighted by Gasteiger charge is -2.17. The summed E-state index contributed by atoms with van der Waals surface area (Å²) in [6.45, 7) is 0. The van der Waals surface area contributed by atoms with Crippen molar-refractivity contribution in [3.63, 3.8) is 0 Å². The Morgan fingerprint density at radius 2 is 2.00 bits per heavy atom. The maximum atomic E-state index is 6.25. The molecule has 0 saturated heterocycles. The lowest BCUT2D eigenvalue weighted by molar-refractivity contribution is 0.372. The first-order chi connectivity index (χ1) is 8.28. The summed E-state index contributed by atoms with van der Waals surface area (Å²) in [6.07, 6.45) is 8.83. The Hall–Kier alpha value is -1.53. The molecule has 1 aliphatic rings. The zero-order chi connectivity index (χ0) is 11.7. The molecule has 2 aromatic heterocycles. The molecule has 1 fully saturated rings. The zero-order valence-corrected chi connectivity index (χ0v) is 10.6. The predicted octanol–water partition coefficient (Wildman–Crippen LogP) is 1.68. The molecular formula is C11H14ClN5O. The maximum absolute atomic E-state index is 6.25. The molecule has 3 rings (SSSR count). The fourth-order valence-corrected chi connectivity index (χ4v) is 2.17. The second kappa shape index (κ2) is 4.99. The molecule has 0 aliphatic heterocycles. The van der Waals surface area contributed by atoms with Crippen LogP contribution in [-0.2, 0) is 5.54 Å². The van der Waals surface area contributed by atoms with Gasteiger partial charge in [0.15, 0.2) is 5.82 Å². The third-order valence-corrected chi connectivity index (χ3v) is 3.15. The van der Waals surface area contributed by atoms with Gasteiger partial charge in [0.2, 0.25) is 0 Å². The molecule has 6 nitrogen and oxygen atoms in total. The molecule has 96 valence electrons. The summed E-state index contributed by atoms with van der Waals surface area (Å²) in [6, 6.07) is 0. The standard InChI is InChI=1S/C11H13N5O.ClH/c12-11(3-1-2-4-11)10-15-9(17-16-10)8-7-13-5-6-14-8;/h5-7H,1-4,12H2;1H. The minimum atomic E-state index is -0.427. The number of nitrogens with zero attached hydrogens (tertiary/aromatic N) is 4. The summed E-state index contributed by atoms with van der Waals surface area (Å²) in [7, 11) is 0. The Balaban J connectivity index is 0.00000120. The number of hydrogen-bond acceptors (Lipinski definition) is 6. The largest absolute Gasteiger partial charge is 0.332 e. The van der Waals surface area contributed by atoms with Crippen molar-refractivity contribution in [2.24, 2.45) is 5.73 Å². The minimum absolute atomic E-state index is 0. The van der Waals surface area contributed by atoms with E-state index in [0.717, 1.165) is 25.7 Å². The first kappa shape index (κ1) is 12.9. The van der Waals surface area contributed by atoms with E-state index in [1.165, 1.54) is 0 Å². The summed E-state index contributed by atoms with van der Waals surface area (Å²) >= 11 is 0. The monoisotopic (exact) mass is 267 g/mol. The number of hydrogen-bond donors (Lipinski definition) is 1. The van der Waals surface area contributed by atoms with Crippen LogP contribution in [0.4, 0.5) is 0 Å². The Morgan fingerprint density at radius 1 is 1.22 bits per heavy atom. The van der Waals surface area contributed by atoms with Gasteiger partial charge in [0.05, 0.1) is 11.7 Å². The van der Waals surface area contributed by atoms with E-state index in [9.17, 15) is 0 Å². The maximum Gasteiger partial charge on any atom is 0.278 e. The van der Waals surface area contributed by atoms with Crippen molar-refractivity contribution in [2.45, 2.75) is 31.2 Å². The van der Waals surface area contributed by atoms with Gasteiger partial charge in [0.1, 0.15) is 5.69 Å². The van der Waals surface area contributed by atoms with Crippen LogP contribution in [-0.4, -0.2) is 20.1 Å². The Labute approximate surface area is 110 Å². The normalized spacial score (nSPS) is 17.4. The van der Waals surface area contributed by atoms with Gasteiger partial charge in [-0.15, -0.1) is 12.4 Å². The van der Waals surface area contributed by atoms with Crippen molar-refractivity contribution >= 4 is 12.4 Å². The molecule has 0 unspecified atom stereocenters. The van der Waals surface area contributed by atoms with E-state index in [4.69, 9.17) is 10.3 Å². The van der Waals surface area contributed by atoms with E-state index in [2.05, 4.69) is 20.1 Å². The van der Waals surface area contributed by atoms with E-state index < -0.39 is 5.54 Å². The smallest absolute Gasteiger partial charge is 0.278 e. The molecule has 7 heteroatoms. The van der Waals surface area contributed by atoms with Crippen LogP contribution in [0.5, 0.6) is 0 Å². The summed E-state index contributed by atoms with van der Waals surface area (Å²) in [5.74, 6) is 0.959. The van der Waals surface area contributed by atoms with E-state index in [1.807, 2.05) is 0 Å². The Kier molecular flexibility index (Phi) is 3.58. The molecule has 0 bridgehead atoms. The summed E-state index contributed by atoms with van der Waals surface area (Å²) in [5, 5.41) is 3.97. The van der Waals surface area contributed by atoms with Crippen LogP contribution in [0.25, 0.3) is 11.6 Å². The van der Waals surface area contributed by atoms with Gasteiger partial charge in [-0.1, -0.05) is 18.0 Å². The van der Waals surface area contributed by atoms with Gasteiger partial charge in [0.25, 0.3) is 5.89 Å². The van der Waals surface area contributed by atoms with Gasteiger partial charge in [-0.2, -0.15) is 4.98 Å². The van der Waals surface area contributed by atoms with Crippen LogP contribution in [0.2, 0.25) is 0 Å². The molecule has 18 heavy (non-hydrogen) atoms. The van der Waals surface area contributed by atoms with Gasteiger partial charge in [0, 0.05) is 12.4 Å². The summed E-state index contributed by atoms with van der Waals surface area (Å²) in [4.78, 5) is 12.4. The SMILES string of the molecule is Cl.NC1(c2noc(-c3cnccn3)n2)CCCC1. The molecule has 1 aliphatic carbocycles. The van der Waals surface area contributed by atoms with Crippen LogP contribution < -0.4 is 5.73 Å². The predicted molar refractivity (Wildman–Crippen MR) is 66.9 cm³/mol. The Morgan fingerprint density at radius 3 is 2.67 bits per heavy atom. The molecule has 2 N–H and O–H groups in total. The molecule has 0 radical (unpaired) electrons. The first-order valence-electron chi connectivity index (χ1n) is 5.67. The summed E-state index contributed by atoms with van der Waals surface area (Å²) in [5.41, 5.74) is 6.40. The lowest BCUT2D eigenvalue weighted by atomic mass is 9.99. The van der Waals surface area contributed by atoms with Crippen LogP contribution in [0, 0.1) is 0 Å². The highest BCUT2D eigenvalue weighted by Crippen LogP contribution is 2.35. The fourth-order valence-electron chi connectivity index (χ4n) is 2.17. The number of nitrogens with two attached hydrogens (primary N) is 1. The van der Waals surface area contributed by atoms with E-state index in [1.54, 1.807) is 18.6 Å². The van der Waals surface area contributed by atoms with Gasteiger partial charge in [-0.05, 0) is 12.8 Å². The first-order valence-corrected chi connectivity index (χ1v) is 5.67. The average molecular weight is 268 g/mol. The zero-order valence-electron chi connectivity index (χ0n) is 9.74. The average Bonchev–Trinajstić information content (AvgIpc) is 2.99. The second-order valence-corrected chi connectivity index (χ2v) is 4.38. The van der Waals surface area contributed by atoms with Crippen LogP contribution in [0.1, 0.15) is 31.5 Å². The molecule has 0 aromatic carbocycles. The van der Waals surface area contributed by atoms with Crippen molar-refractivity contribution in [1.82, 2.24) is 20.1 Å². The van der Waals surface area contributed by atoms with Crippen LogP contribution in [0.3, 0.4) is 0 Å². The fraction of sp³-hybridized carbons (Fsp3) is 0.455. The van der Waals surface area contributed by atoms with E-state index >= 15 is 0 Å². The highest BCUT2D eigenvalue weighted by molar-refractivity contribution is 5.85. The topological polar surface area (TPSA) is 90.7 Å². The van der Waals surface area contributed by atoms with Crippen LogP contribution >= 0.6 is 12.4 Å². The lowest BCUT2D eigenvalue weighted by Crippen LogP contribution is -2.34.